The second kappa shape index (κ2) is 7.02. The molecule has 0 aromatic heterocycles. The summed E-state index contributed by atoms with van der Waals surface area (Å²) >= 11 is 0. The van der Waals surface area contributed by atoms with Gasteiger partial charge in [0.2, 0.25) is 12.5 Å². The molecule has 20 heavy (non-hydrogen) atoms. The summed E-state index contributed by atoms with van der Waals surface area (Å²) in [6.07, 6.45) is 0.270. The Morgan fingerprint density at radius 2 is 2.10 bits per heavy atom. The molecule has 1 heterocycles. The average Bonchev–Trinajstić information content (AvgIpc) is 2.91. The Labute approximate surface area is 125 Å². The minimum atomic E-state index is -0.602. The molecule has 2 rings (SSSR count). The molecule has 1 aromatic carbocycles. The molecule has 1 aliphatic rings. The van der Waals surface area contributed by atoms with Crippen molar-refractivity contribution < 1.29 is 19.3 Å². The van der Waals surface area contributed by atoms with Crippen LogP contribution in [0, 0.1) is 5.92 Å². The van der Waals surface area contributed by atoms with Crippen molar-refractivity contribution in [2.75, 3.05) is 13.9 Å². The molecule has 0 saturated carbocycles. The summed E-state index contributed by atoms with van der Waals surface area (Å²) in [7, 11) is 1.57. The Bertz CT molecular complexity index is 455. The molecule has 0 bridgehead atoms. The zero-order valence-corrected chi connectivity index (χ0v) is 12.8. The molecule has 0 saturated heterocycles. The van der Waals surface area contributed by atoms with Crippen molar-refractivity contribution in [3.8, 4) is 17.2 Å². The lowest BCUT2D eigenvalue weighted by atomic mass is 9.91. The van der Waals surface area contributed by atoms with Crippen LogP contribution in [-0.2, 0) is 0 Å². The van der Waals surface area contributed by atoms with Gasteiger partial charge in [-0.3, -0.25) is 0 Å². The summed E-state index contributed by atoms with van der Waals surface area (Å²) in [4.78, 5) is 0. The fourth-order valence-electron chi connectivity index (χ4n) is 2.13. The third-order valence-electron chi connectivity index (χ3n) is 3.66. The number of fused-ring (bicyclic) bond motifs is 1. The number of nitrogens with two attached hydrogens (primary N) is 1. The molecule has 1 aromatic rings. The van der Waals surface area contributed by atoms with Crippen LogP contribution in [-0.4, -0.2) is 25.1 Å². The normalized spacial score (nSPS) is 17.1. The first-order valence-electron chi connectivity index (χ1n) is 6.49. The number of aliphatic hydroxyl groups is 1. The van der Waals surface area contributed by atoms with E-state index in [-0.39, 0.29) is 25.1 Å². The Balaban J connectivity index is 0.00000200. The zero-order valence-electron chi connectivity index (χ0n) is 12.0. The van der Waals surface area contributed by atoms with E-state index in [9.17, 15) is 5.11 Å². The third-order valence-corrected chi connectivity index (χ3v) is 3.66. The molecule has 0 fully saturated rings. The van der Waals surface area contributed by atoms with E-state index in [1.807, 2.05) is 13.8 Å². The summed E-state index contributed by atoms with van der Waals surface area (Å²) in [5, 5.41) is 10.2. The summed E-state index contributed by atoms with van der Waals surface area (Å²) in [6.45, 7) is 4.19. The van der Waals surface area contributed by atoms with Gasteiger partial charge in [-0.05, 0) is 23.6 Å². The predicted molar refractivity (Wildman–Crippen MR) is 78.8 cm³/mol. The monoisotopic (exact) mass is 303 g/mol. The van der Waals surface area contributed by atoms with Crippen LogP contribution in [0.5, 0.6) is 17.2 Å². The molecule has 114 valence electrons. The van der Waals surface area contributed by atoms with Gasteiger partial charge in [0.25, 0.3) is 0 Å². The maximum absolute atomic E-state index is 10.2. The van der Waals surface area contributed by atoms with Crippen LogP contribution in [0.1, 0.15) is 31.9 Å². The van der Waals surface area contributed by atoms with Gasteiger partial charge in [0.15, 0.2) is 11.5 Å². The maximum Gasteiger partial charge on any atom is 0.231 e. The Morgan fingerprint density at radius 1 is 1.40 bits per heavy atom. The smallest absolute Gasteiger partial charge is 0.231 e. The number of benzene rings is 1. The lowest BCUT2D eigenvalue weighted by Crippen LogP contribution is -2.31. The van der Waals surface area contributed by atoms with Crippen LogP contribution in [0.25, 0.3) is 0 Å². The van der Waals surface area contributed by atoms with Crippen LogP contribution in [0.3, 0.4) is 0 Å². The van der Waals surface area contributed by atoms with E-state index in [1.54, 1.807) is 19.2 Å². The lowest BCUT2D eigenvalue weighted by Gasteiger charge is -2.24. The van der Waals surface area contributed by atoms with Gasteiger partial charge in [-0.25, -0.2) is 0 Å². The van der Waals surface area contributed by atoms with Gasteiger partial charge in [-0.1, -0.05) is 20.3 Å². The Hall–Kier alpha value is -1.17. The van der Waals surface area contributed by atoms with Crippen molar-refractivity contribution in [2.45, 2.75) is 32.4 Å². The van der Waals surface area contributed by atoms with Gasteiger partial charge >= 0.3 is 0 Å². The zero-order chi connectivity index (χ0) is 14.0. The molecular formula is C14H22ClNO4. The summed E-state index contributed by atoms with van der Waals surface area (Å²) in [5.41, 5.74) is 6.92. The highest BCUT2D eigenvalue weighted by atomic mass is 35.5. The standard InChI is InChI=1S/C14H21NO4.ClH/c1-4-8(2)13(16)12(15)9-5-10(17-3)14-11(6-9)18-7-19-14;/h5-6,8,12-13,16H,4,7,15H2,1-3H3;1H/t8?,12-,13+;/m1./s1. The number of rotatable bonds is 5. The molecule has 3 atom stereocenters. The maximum atomic E-state index is 10.2. The highest BCUT2D eigenvalue weighted by Crippen LogP contribution is 2.43. The molecule has 1 aliphatic heterocycles. The summed E-state index contributed by atoms with van der Waals surface area (Å²) in [6, 6.07) is 3.13. The first kappa shape index (κ1) is 16.9. The number of hydrogen-bond donors (Lipinski definition) is 2. The fraction of sp³-hybridized carbons (Fsp3) is 0.571. The number of aliphatic hydroxyl groups excluding tert-OH is 1. The second-order valence-electron chi connectivity index (χ2n) is 4.86. The molecule has 3 N–H and O–H groups in total. The summed E-state index contributed by atoms with van der Waals surface area (Å²) < 4.78 is 16.0. The number of hydrogen-bond acceptors (Lipinski definition) is 5. The fourth-order valence-corrected chi connectivity index (χ4v) is 2.13. The molecule has 6 heteroatoms. The van der Waals surface area contributed by atoms with E-state index in [2.05, 4.69) is 0 Å². The Morgan fingerprint density at radius 3 is 2.70 bits per heavy atom. The minimum absolute atomic E-state index is 0. The van der Waals surface area contributed by atoms with E-state index in [1.165, 1.54) is 0 Å². The van der Waals surface area contributed by atoms with Crippen molar-refractivity contribution in [3.63, 3.8) is 0 Å². The SMILES string of the molecule is CCC(C)[C@H](O)[C@H](N)c1cc(OC)c2c(c1)OCO2.Cl. The van der Waals surface area contributed by atoms with E-state index in [0.29, 0.717) is 17.2 Å². The molecule has 0 spiro atoms. The third kappa shape index (κ3) is 3.11. The minimum Gasteiger partial charge on any atom is -0.493 e. The molecule has 0 radical (unpaired) electrons. The van der Waals surface area contributed by atoms with E-state index >= 15 is 0 Å². The number of ether oxygens (including phenoxy) is 3. The van der Waals surface area contributed by atoms with Gasteiger partial charge in [-0.2, -0.15) is 0 Å². The quantitative estimate of drug-likeness (QED) is 0.873. The molecule has 1 unspecified atom stereocenters. The van der Waals surface area contributed by atoms with Crippen molar-refractivity contribution in [3.05, 3.63) is 17.7 Å². The van der Waals surface area contributed by atoms with Crippen molar-refractivity contribution in [2.24, 2.45) is 11.7 Å². The van der Waals surface area contributed by atoms with Crippen molar-refractivity contribution in [1.82, 2.24) is 0 Å². The van der Waals surface area contributed by atoms with Crippen LogP contribution >= 0.6 is 12.4 Å². The Kier molecular flexibility index (Phi) is 5.92. The van der Waals surface area contributed by atoms with Crippen LogP contribution < -0.4 is 19.9 Å². The molecular weight excluding hydrogens is 282 g/mol. The molecule has 0 aliphatic carbocycles. The van der Waals surface area contributed by atoms with E-state index < -0.39 is 12.1 Å². The van der Waals surface area contributed by atoms with Gasteiger partial charge < -0.3 is 25.1 Å². The number of halogens is 1. The second-order valence-corrected chi connectivity index (χ2v) is 4.86. The van der Waals surface area contributed by atoms with Crippen LogP contribution in [0.4, 0.5) is 0 Å². The molecule has 5 nitrogen and oxygen atoms in total. The van der Waals surface area contributed by atoms with Crippen LogP contribution in [0.2, 0.25) is 0 Å². The first-order chi connectivity index (χ1) is 9.08. The molecule has 0 amide bonds. The van der Waals surface area contributed by atoms with Crippen molar-refractivity contribution in [1.29, 1.82) is 0 Å². The average molecular weight is 304 g/mol. The highest BCUT2D eigenvalue weighted by Gasteiger charge is 2.26. The number of methoxy groups -OCH3 is 1. The topological polar surface area (TPSA) is 73.9 Å². The largest absolute Gasteiger partial charge is 0.493 e. The van der Waals surface area contributed by atoms with Crippen molar-refractivity contribution >= 4 is 12.4 Å². The summed E-state index contributed by atoms with van der Waals surface area (Å²) in [5.74, 6) is 1.92. The van der Waals surface area contributed by atoms with Gasteiger partial charge in [0.1, 0.15) is 0 Å². The lowest BCUT2D eigenvalue weighted by molar-refractivity contribution is 0.0878. The first-order valence-corrected chi connectivity index (χ1v) is 6.49. The van der Waals surface area contributed by atoms with Gasteiger partial charge in [0.05, 0.1) is 19.3 Å². The highest BCUT2D eigenvalue weighted by molar-refractivity contribution is 5.85. The van der Waals surface area contributed by atoms with E-state index in [4.69, 9.17) is 19.9 Å². The van der Waals surface area contributed by atoms with E-state index in [0.717, 1.165) is 12.0 Å². The van der Waals surface area contributed by atoms with Gasteiger partial charge in [-0.15, -0.1) is 12.4 Å². The van der Waals surface area contributed by atoms with Gasteiger partial charge in [0, 0.05) is 0 Å². The predicted octanol–water partition coefficient (Wildman–Crippen LogP) is 2.25. The van der Waals surface area contributed by atoms with Crippen LogP contribution in [0.15, 0.2) is 12.1 Å².